The van der Waals surface area contributed by atoms with E-state index < -0.39 is 23.4 Å². The molecule has 1 fully saturated rings. The molecule has 21 heavy (non-hydrogen) atoms. The van der Waals surface area contributed by atoms with Gasteiger partial charge in [0.2, 0.25) is 0 Å². The molecule has 2 N–H and O–H groups in total. The van der Waals surface area contributed by atoms with Crippen LogP contribution in [0, 0.1) is 17.5 Å². The zero-order valence-corrected chi connectivity index (χ0v) is 11.9. The lowest BCUT2D eigenvalue weighted by molar-refractivity contribution is 0.0923. The molecule has 0 spiro atoms. The van der Waals surface area contributed by atoms with Crippen LogP contribution in [-0.2, 0) is 0 Å². The number of hydrogen-bond donors (Lipinski definition) is 2. The summed E-state index contributed by atoms with van der Waals surface area (Å²) in [7, 11) is 0. The van der Waals surface area contributed by atoms with E-state index in [2.05, 4.69) is 10.6 Å². The van der Waals surface area contributed by atoms with Gasteiger partial charge in [-0.05, 0) is 44.4 Å². The Labute approximate surface area is 121 Å². The predicted octanol–water partition coefficient (Wildman–Crippen LogP) is 2.75. The van der Waals surface area contributed by atoms with Crippen molar-refractivity contribution in [1.82, 2.24) is 10.6 Å². The number of hydrogen-bond acceptors (Lipinski definition) is 2. The highest BCUT2D eigenvalue weighted by atomic mass is 19.2. The van der Waals surface area contributed by atoms with Gasteiger partial charge in [-0.2, -0.15) is 0 Å². The van der Waals surface area contributed by atoms with Crippen molar-refractivity contribution in [3.05, 3.63) is 35.1 Å². The number of carbonyl (C=O) groups is 1. The summed E-state index contributed by atoms with van der Waals surface area (Å²) in [4.78, 5) is 12.0. The lowest BCUT2D eigenvalue weighted by atomic mass is 9.91. The molecule has 1 aliphatic rings. The molecule has 0 unspecified atom stereocenters. The van der Waals surface area contributed by atoms with Crippen LogP contribution < -0.4 is 10.6 Å². The van der Waals surface area contributed by atoms with E-state index in [1.807, 2.05) is 6.92 Å². The molecule has 6 heteroatoms. The van der Waals surface area contributed by atoms with Crippen LogP contribution in [0.3, 0.4) is 0 Å². The van der Waals surface area contributed by atoms with Crippen LogP contribution in [0.4, 0.5) is 13.2 Å². The minimum absolute atomic E-state index is 0.0106. The summed E-state index contributed by atoms with van der Waals surface area (Å²) >= 11 is 0. The van der Waals surface area contributed by atoms with Crippen molar-refractivity contribution in [2.45, 2.75) is 44.7 Å². The molecule has 1 saturated carbocycles. The first-order valence-corrected chi connectivity index (χ1v) is 7.20. The topological polar surface area (TPSA) is 41.1 Å². The summed E-state index contributed by atoms with van der Waals surface area (Å²) < 4.78 is 39.1. The van der Waals surface area contributed by atoms with Crippen LogP contribution in [0.2, 0.25) is 0 Å². The molecule has 0 atom stereocenters. The first-order valence-electron chi connectivity index (χ1n) is 7.20. The van der Waals surface area contributed by atoms with Crippen LogP contribution in [0.25, 0.3) is 0 Å². The molecule has 0 aliphatic heterocycles. The third kappa shape index (κ3) is 3.97. The van der Waals surface area contributed by atoms with E-state index in [0.29, 0.717) is 6.04 Å². The molecule has 0 radical (unpaired) electrons. The lowest BCUT2D eigenvalue weighted by Gasteiger charge is -2.29. The molecule has 0 heterocycles. The second kappa shape index (κ2) is 6.93. The highest BCUT2D eigenvalue weighted by Gasteiger charge is 2.23. The molecule has 0 saturated heterocycles. The Bertz CT molecular complexity index is 491. The number of carbonyl (C=O) groups excluding carboxylic acids is 1. The molecule has 1 aromatic carbocycles. The molecule has 1 aliphatic carbocycles. The third-order valence-electron chi connectivity index (χ3n) is 3.80. The summed E-state index contributed by atoms with van der Waals surface area (Å²) in [6, 6.07) is 1.89. The second-order valence-corrected chi connectivity index (χ2v) is 5.33. The summed E-state index contributed by atoms with van der Waals surface area (Å²) in [6.45, 7) is 2.96. The maximum atomic E-state index is 13.1. The van der Waals surface area contributed by atoms with E-state index in [9.17, 15) is 18.0 Å². The van der Waals surface area contributed by atoms with Crippen LogP contribution >= 0.6 is 0 Å². The van der Waals surface area contributed by atoms with Crippen molar-refractivity contribution in [2.75, 3.05) is 6.54 Å². The van der Waals surface area contributed by atoms with Crippen LogP contribution in [0.15, 0.2) is 12.1 Å². The van der Waals surface area contributed by atoms with Gasteiger partial charge in [-0.1, -0.05) is 6.92 Å². The molecule has 0 bridgehead atoms. The standard InChI is InChI=1S/C15H19F3N2O/c1-2-19-10-3-5-11(6-4-10)20-15(21)9-7-12(16)14(18)13(17)8-9/h7-8,10-11,19H,2-6H2,1H3,(H,20,21). The van der Waals surface area contributed by atoms with Gasteiger partial charge in [0.25, 0.3) is 5.91 Å². The third-order valence-corrected chi connectivity index (χ3v) is 3.80. The maximum absolute atomic E-state index is 13.1. The maximum Gasteiger partial charge on any atom is 0.251 e. The zero-order valence-electron chi connectivity index (χ0n) is 11.9. The first kappa shape index (κ1) is 15.8. The first-order chi connectivity index (χ1) is 10.0. The highest BCUT2D eigenvalue weighted by molar-refractivity contribution is 5.94. The summed E-state index contributed by atoms with van der Waals surface area (Å²) in [5, 5.41) is 6.11. The van der Waals surface area contributed by atoms with E-state index in [4.69, 9.17) is 0 Å². The molecule has 116 valence electrons. The average molecular weight is 300 g/mol. The van der Waals surface area contributed by atoms with E-state index in [1.165, 1.54) is 0 Å². The number of halogens is 3. The van der Waals surface area contributed by atoms with E-state index in [1.54, 1.807) is 0 Å². The van der Waals surface area contributed by atoms with Crippen LogP contribution in [0.1, 0.15) is 43.0 Å². The number of benzene rings is 1. The van der Waals surface area contributed by atoms with Gasteiger partial charge in [-0.15, -0.1) is 0 Å². The van der Waals surface area contributed by atoms with E-state index >= 15 is 0 Å². The van der Waals surface area contributed by atoms with Gasteiger partial charge in [-0.25, -0.2) is 13.2 Å². The van der Waals surface area contributed by atoms with Crippen LogP contribution in [0.5, 0.6) is 0 Å². The Balaban J connectivity index is 1.93. The Morgan fingerprint density at radius 3 is 2.14 bits per heavy atom. The second-order valence-electron chi connectivity index (χ2n) is 5.33. The van der Waals surface area contributed by atoms with Crippen molar-refractivity contribution in [1.29, 1.82) is 0 Å². The minimum atomic E-state index is -1.56. The van der Waals surface area contributed by atoms with Gasteiger partial charge in [0, 0.05) is 17.6 Å². The molecular formula is C15H19F3N2O. The normalized spacial score (nSPS) is 22.1. The fraction of sp³-hybridized carbons (Fsp3) is 0.533. The predicted molar refractivity (Wildman–Crippen MR) is 73.5 cm³/mol. The van der Waals surface area contributed by atoms with Gasteiger partial charge in [-0.3, -0.25) is 4.79 Å². The van der Waals surface area contributed by atoms with E-state index in [-0.39, 0.29) is 11.6 Å². The van der Waals surface area contributed by atoms with Crippen molar-refractivity contribution < 1.29 is 18.0 Å². The van der Waals surface area contributed by atoms with Crippen molar-refractivity contribution >= 4 is 5.91 Å². The Morgan fingerprint density at radius 2 is 1.62 bits per heavy atom. The quantitative estimate of drug-likeness (QED) is 0.840. The minimum Gasteiger partial charge on any atom is -0.349 e. The Hall–Kier alpha value is -1.56. The molecule has 3 nitrogen and oxygen atoms in total. The van der Waals surface area contributed by atoms with Gasteiger partial charge in [0.05, 0.1) is 0 Å². The number of nitrogens with one attached hydrogen (secondary N) is 2. The molecule has 2 rings (SSSR count). The monoisotopic (exact) mass is 300 g/mol. The molecule has 0 aromatic heterocycles. The smallest absolute Gasteiger partial charge is 0.251 e. The van der Waals surface area contributed by atoms with Gasteiger partial charge < -0.3 is 10.6 Å². The fourth-order valence-electron chi connectivity index (χ4n) is 2.69. The largest absolute Gasteiger partial charge is 0.349 e. The lowest BCUT2D eigenvalue weighted by Crippen LogP contribution is -2.42. The number of rotatable bonds is 4. The van der Waals surface area contributed by atoms with Crippen molar-refractivity contribution in [3.8, 4) is 0 Å². The molecular weight excluding hydrogens is 281 g/mol. The molecule has 1 amide bonds. The van der Waals surface area contributed by atoms with Crippen LogP contribution in [-0.4, -0.2) is 24.5 Å². The van der Waals surface area contributed by atoms with Crippen molar-refractivity contribution in [2.24, 2.45) is 0 Å². The average Bonchev–Trinajstić information content (AvgIpc) is 2.46. The van der Waals surface area contributed by atoms with Crippen molar-refractivity contribution in [3.63, 3.8) is 0 Å². The zero-order chi connectivity index (χ0) is 15.4. The van der Waals surface area contributed by atoms with Gasteiger partial charge >= 0.3 is 0 Å². The summed E-state index contributed by atoms with van der Waals surface area (Å²) in [6.07, 6.45) is 3.53. The van der Waals surface area contributed by atoms with Gasteiger partial charge in [0.1, 0.15) is 0 Å². The summed E-state index contributed by atoms with van der Waals surface area (Å²) in [5.41, 5.74) is -0.194. The molecule has 1 aromatic rings. The SMILES string of the molecule is CCNC1CCC(NC(=O)c2cc(F)c(F)c(F)c2)CC1. The Kier molecular flexibility index (Phi) is 5.22. The fourth-order valence-corrected chi connectivity index (χ4v) is 2.69. The summed E-state index contributed by atoms with van der Waals surface area (Å²) in [5.74, 6) is -4.83. The Morgan fingerprint density at radius 1 is 1.10 bits per heavy atom. The van der Waals surface area contributed by atoms with Gasteiger partial charge in [0.15, 0.2) is 17.5 Å². The number of amides is 1. The van der Waals surface area contributed by atoms with E-state index in [0.717, 1.165) is 44.4 Å². The highest BCUT2D eigenvalue weighted by Crippen LogP contribution is 2.19.